The Morgan fingerprint density at radius 2 is 1.85 bits per heavy atom. The lowest BCUT2D eigenvalue weighted by molar-refractivity contribution is 0.288. The van der Waals surface area contributed by atoms with Gasteiger partial charge < -0.3 is 10.1 Å². The molecule has 0 radical (unpaired) electrons. The summed E-state index contributed by atoms with van der Waals surface area (Å²) in [6.45, 7) is 3.10. The molecule has 0 aliphatic rings. The smallest absolute Gasteiger partial charge is 0.165 e. The highest BCUT2D eigenvalue weighted by Crippen LogP contribution is 2.25. The van der Waals surface area contributed by atoms with Crippen molar-refractivity contribution < 1.29 is 9.13 Å². The van der Waals surface area contributed by atoms with Crippen LogP contribution in [0.1, 0.15) is 16.7 Å². The molecule has 0 aliphatic carbocycles. The Hall–Kier alpha value is -1.87. The second-order valence-electron chi connectivity index (χ2n) is 4.85. The van der Waals surface area contributed by atoms with Gasteiger partial charge in [-0.05, 0) is 49.7 Å². The van der Waals surface area contributed by atoms with Gasteiger partial charge in [-0.3, -0.25) is 0 Å². The molecule has 106 valence electrons. The van der Waals surface area contributed by atoms with E-state index in [1.807, 2.05) is 50.4 Å². The molecule has 0 bridgehead atoms. The Morgan fingerprint density at radius 1 is 1.10 bits per heavy atom. The van der Waals surface area contributed by atoms with Gasteiger partial charge in [-0.15, -0.1) is 0 Å². The van der Waals surface area contributed by atoms with Crippen LogP contribution in [0.3, 0.4) is 0 Å². The van der Waals surface area contributed by atoms with Gasteiger partial charge in [0.05, 0.1) is 0 Å². The van der Waals surface area contributed by atoms with E-state index in [4.69, 9.17) is 4.74 Å². The fraction of sp³-hybridized carbons (Fsp3) is 0.294. The lowest BCUT2D eigenvalue weighted by atomic mass is 10.1. The number of hydrogen-bond acceptors (Lipinski definition) is 2. The highest BCUT2D eigenvalue weighted by Gasteiger charge is 2.09. The summed E-state index contributed by atoms with van der Waals surface area (Å²) in [7, 11) is 1.89. The summed E-state index contributed by atoms with van der Waals surface area (Å²) in [5.41, 5.74) is 2.86. The first-order valence-electron chi connectivity index (χ1n) is 6.81. The minimum atomic E-state index is -0.285. The van der Waals surface area contributed by atoms with Gasteiger partial charge in [0.25, 0.3) is 0 Å². The van der Waals surface area contributed by atoms with Crippen LogP contribution in [0.25, 0.3) is 0 Å². The van der Waals surface area contributed by atoms with Gasteiger partial charge in [0.2, 0.25) is 0 Å². The Bertz CT molecular complexity index is 531. The molecular weight excluding hydrogens is 253 g/mol. The van der Waals surface area contributed by atoms with Crippen LogP contribution in [0.15, 0.2) is 42.5 Å². The number of ether oxygens (including phenoxy) is 1. The van der Waals surface area contributed by atoms with Gasteiger partial charge in [-0.2, -0.15) is 0 Å². The fourth-order valence-corrected chi connectivity index (χ4v) is 2.13. The number of rotatable bonds is 6. The quantitative estimate of drug-likeness (QED) is 0.870. The van der Waals surface area contributed by atoms with E-state index in [9.17, 15) is 4.39 Å². The van der Waals surface area contributed by atoms with E-state index in [1.54, 1.807) is 6.07 Å². The third-order valence-electron chi connectivity index (χ3n) is 3.18. The van der Waals surface area contributed by atoms with Crippen molar-refractivity contribution in [1.82, 2.24) is 5.32 Å². The van der Waals surface area contributed by atoms with E-state index in [0.717, 1.165) is 29.7 Å². The highest BCUT2D eigenvalue weighted by molar-refractivity contribution is 5.38. The maximum absolute atomic E-state index is 14.1. The second kappa shape index (κ2) is 7.06. The zero-order valence-corrected chi connectivity index (χ0v) is 11.9. The monoisotopic (exact) mass is 273 g/mol. The van der Waals surface area contributed by atoms with E-state index >= 15 is 0 Å². The van der Waals surface area contributed by atoms with E-state index in [0.29, 0.717) is 12.4 Å². The zero-order chi connectivity index (χ0) is 14.4. The van der Waals surface area contributed by atoms with Gasteiger partial charge in [0.1, 0.15) is 6.61 Å². The van der Waals surface area contributed by atoms with E-state index < -0.39 is 0 Å². The minimum absolute atomic E-state index is 0.285. The predicted octanol–water partition coefficient (Wildman–Crippen LogP) is 3.48. The molecular formula is C17H20FNO. The first-order chi connectivity index (χ1) is 9.70. The average Bonchev–Trinajstić information content (AvgIpc) is 2.45. The molecule has 0 amide bonds. The number of halogens is 1. The lowest BCUT2D eigenvalue weighted by Crippen LogP contribution is -2.10. The topological polar surface area (TPSA) is 21.3 Å². The molecule has 20 heavy (non-hydrogen) atoms. The van der Waals surface area contributed by atoms with E-state index in [1.165, 1.54) is 0 Å². The van der Waals surface area contributed by atoms with Crippen molar-refractivity contribution >= 4 is 0 Å². The third kappa shape index (κ3) is 3.81. The minimum Gasteiger partial charge on any atom is -0.486 e. The maximum atomic E-state index is 14.1. The molecule has 0 saturated carbocycles. The van der Waals surface area contributed by atoms with Crippen LogP contribution in [0, 0.1) is 12.7 Å². The molecule has 2 aromatic rings. The summed E-state index contributed by atoms with van der Waals surface area (Å²) < 4.78 is 19.7. The zero-order valence-electron chi connectivity index (χ0n) is 11.9. The number of benzene rings is 2. The van der Waals surface area contributed by atoms with Crippen molar-refractivity contribution in [2.45, 2.75) is 20.0 Å². The predicted molar refractivity (Wildman–Crippen MR) is 79.5 cm³/mol. The third-order valence-corrected chi connectivity index (χ3v) is 3.18. The highest BCUT2D eigenvalue weighted by atomic mass is 19.1. The molecule has 2 nitrogen and oxygen atoms in total. The van der Waals surface area contributed by atoms with Crippen LogP contribution in [0.5, 0.6) is 5.75 Å². The van der Waals surface area contributed by atoms with Gasteiger partial charge in [-0.25, -0.2) is 4.39 Å². The Balaban J connectivity index is 2.08. The number of aryl methyl sites for hydroxylation is 1. The Morgan fingerprint density at radius 3 is 2.50 bits per heavy atom. The summed E-state index contributed by atoms with van der Waals surface area (Å²) in [5, 5.41) is 3.06. The van der Waals surface area contributed by atoms with Crippen LogP contribution in [-0.4, -0.2) is 13.6 Å². The van der Waals surface area contributed by atoms with E-state index in [2.05, 4.69) is 5.32 Å². The molecule has 1 N–H and O–H groups in total. The molecule has 0 heterocycles. The SMILES string of the molecule is CNCCc1cc(C)c(OCc2ccccc2)c(F)c1. The number of likely N-dealkylation sites (N-methyl/N-ethyl adjacent to an activating group) is 1. The molecule has 2 aromatic carbocycles. The fourth-order valence-electron chi connectivity index (χ4n) is 2.13. The first kappa shape index (κ1) is 14.5. The molecule has 0 fully saturated rings. The maximum Gasteiger partial charge on any atom is 0.165 e. The van der Waals surface area contributed by atoms with Crippen molar-refractivity contribution in [2.75, 3.05) is 13.6 Å². The molecule has 2 rings (SSSR count). The molecule has 3 heteroatoms. The van der Waals surface area contributed by atoms with Crippen LogP contribution >= 0.6 is 0 Å². The lowest BCUT2D eigenvalue weighted by Gasteiger charge is -2.12. The normalized spacial score (nSPS) is 10.6. The first-order valence-corrected chi connectivity index (χ1v) is 6.81. The molecule has 0 unspecified atom stereocenters. The largest absolute Gasteiger partial charge is 0.486 e. The Kier molecular flexibility index (Phi) is 5.13. The van der Waals surface area contributed by atoms with Crippen LogP contribution in [0.4, 0.5) is 4.39 Å². The molecule has 0 aromatic heterocycles. The number of nitrogens with one attached hydrogen (secondary N) is 1. The van der Waals surface area contributed by atoms with Crippen molar-refractivity contribution in [2.24, 2.45) is 0 Å². The van der Waals surface area contributed by atoms with Crippen molar-refractivity contribution in [3.8, 4) is 5.75 Å². The number of hydrogen-bond donors (Lipinski definition) is 1. The molecule has 0 spiro atoms. The van der Waals surface area contributed by atoms with Crippen molar-refractivity contribution in [3.63, 3.8) is 0 Å². The van der Waals surface area contributed by atoms with Gasteiger partial charge in [0, 0.05) is 0 Å². The van der Waals surface area contributed by atoms with Gasteiger partial charge in [-0.1, -0.05) is 36.4 Å². The summed E-state index contributed by atoms with van der Waals surface area (Å²) in [5.74, 6) is 0.0640. The Labute approximate surface area is 119 Å². The summed E-state index contributed by atoms with van der Waals surface area (Å²) >= 11 is 0. The van der Waals surface area contributed by atoms with Crippen molar-refractivity contribution in [1.29, 1.82) is 0 Å². The molecule has 0 aliphatic heterocycles. The van der Waals surface area contributed by atoms with Crippen molar-refractivity contribution in [3.05, 3.63) is 65.0 Å². The van der Waals surface area contributed by atoms with Crippen LogP contribution in [-0.2, 0) is 13.0 Å². The summed E-state index contributed by atoms with van der Waals surface area (Å²) in [6.07, 6.45) is 0.813. The van der Waals surface area contributed by atoms with Crippen LogP contribution < -0.4 is 10.1 Å². The summed E-state index contributed by atoms with van der Waals surface area (Å²) in [6, 6.07) is 13.3. The van der Waals surface area contributed by atoms with Gasteiger partial charge >= 0.3 is 0 Å². The van der Waals surface area contributed by atoms with E-state index in [-0.39, 0.29) is 5.82 Å². The van der Waals surface area contributed by atoms with Crippen LogP contribution in [0.2, 0.25) is 0 Å². The summed E-state index contributed by atoms with van der Waals surface area (Å²) in [4.78, 5) is 0. The second-order valence-corrected chi connectivity index (χ2v) is 4.85. The molecule has 0 saturated heterocycles. The molecule has 0 atom stereocenters. The van der Waals surface area contributed by atoms with Gasteiger partial charge in [0.15, 0.2) is 11.6 Å². The average molecular weight is 273 g/mol. The standard InChI is InChI=1S/C17H20FNO/c1-13-10-15(8-9-19-2)11-16(18)17(13)20-12-14-6-4-3-5-7-14/h3-7,10-11,19H,8-9,12H2,1-2H3.